The van der Waals surface area contributed by atoms with Gasteiger partial charge in [0.05, 0.1) is 15.7 Å². The summed E-state index contributed by atoms with van der Waals surface area (Å²) in [6.45, 7) is 4.36. The van der Waals surface area contributed by atoms with Gasteiger partial charge in [-0.3, -0.25) is 9.59 Å². The molecular weight excluding hydrogens is 403 g/mol. The van der Waals surface area contributed by atoms with Crippen molar-refractivity contribution < 1.29 is 9.59 Å². The zero-order valence-corrected chi connectivity index (χ0v) is 17.4. The van der Waals surface area contributed by atoms with E-state index in [-0.39, 0.29) is 17.9 Å². The van der Waals surface area contributed by atoms with Gasteiger partial charge in [-0.1, -0.05) is 29.3 Å². The molecule has 0 radical (unpaired) electrons. The predicted octanol–water partition coefficient (Wildman–Crippen LogP) is 5.48. The third kappa shape index (κ3) is 4.78. The molecule has 2 amide bonds. The second kappa shape index (κ2) is 8.55. The minimum Gasteiger partial charge on any atom is -0.332 e. The van der Waals surface area contributed by atoms with Crippen LogP contribution in [0.1, 0.15) is 36.2 Å². The molecule has 0 unspecified atom stereocenters. The van der Waals surface area contributed by atoms with Gasteiger partial charge in [0.2, 0.25) is 5.91 Å². The molecule has 142 valence electrons. The molecule has 1 aliphatic heterocycles. The number of hydrogen-bond donors (Lipinski definition) is 1. The Balaban J connectivity index is 1.86. The zero-order valence-electron chi connectivity index (χ0n) is 15.1. The van der Waals surface area contributed by atoms with Crippen molar-refractivity contribution in [2.45, 2.75) is 37.8 Å². The average Bonchev–Trinajstić information content (AvgIpc) is 2.81. The van der Waals surface area contributed by atoms with Crippen LogP contribution in [0.5, 0.6) is 0 Å². The van der Waals surface area contributed by atoms with Crippen LogP contribution in [0.15, 0.2) is 41.3 Å². The molecule has 2 aromatic rings. The van der Waals surface area contributed by atoms with Crippen LogP contribution >= 0.6 is 35.0 Å². The third-order valence-electron chi connectivity index (χ3n) is 4.31. The Hall–Kier alpha value is -1.69. The number of carbonyl (C=O) groups is 2. The fourth-order valence-electron chi connectivity index (χ4n) is 2.84. The number of nitrogens with zero attached hydrogens (tertiary/aromatic N) is 1. The highest BCUT2D eigenvalue weighted by Gasteiger charge is 2.22. The molecular formula is C20H20Cl2N2O2S. The predicted molar refractivity (Wildman–Crippen MR) is 112 cm³/mol. The molecule has 1 aliphatic rings. The highest BCUT2D eigenvalue weighted by molar-refractivity contribution is 7.99. The van der Waals surface area contributed by atoms with Crippen LogP contribution in [0.3, 0.4) is 0 Å². The summed E-state index contributed by atoms with van der Waals surface area (Å²) in [7, 11) is 0. The number of rotatable bonds is 4. The van der Waals surface area contributed by atoms with Crippen molar-refractivity contribution in [1.29, 1.82) is 0 Å². The standard InChI is InChI=1S/C20H20Cl2N2O2S/c1-12(2)24(11-13-3-5-15(21)16(22)9-13)20(26)14-4-6-18-17(10-14)23-19(25)7-8-27-18/h3-6,9-10,12H,7-8,11H2,1-2H3,(H,23,25). The molecule has 3 rings (SSSR count). The number of amides is 2. The molecule has 0 saturated heterocycles. The lowest BCUT2D eigenvalue weighted by Crippen LogP contribution is -2.36. The van der Waals surface area contributed by atoms with Crippen LogP contribution in [-0.2, 0) is 11.3 Å². The van der Waals surface area contributed by atoms with E-state index in [1.807, 2.05) is 32.0 Å². The number of halogens is 2. The normalized spacial score (nSPS) is 13.7. The summed E-state index contributed by atoms with van der Waals surface area (Å²) in [4.78, 5) is 27.7. The van der Waals surface area contributed by atoms with Gasteiger partial charge < -0.3 is 10.2 Å². The van der Waals surface area contributed by atoms with E-state index in [1.54, 1.807) is 34.9 Å². The summed E-state index contributed by atoms with van der Waals surface area (Å²) in [6, 6.07) is 10.8. The Bertz CT molecular complexity index is 886. The smallest absolute Gasteiger partial charge is 0.254 e. The number of nitrogens with one attached hydrogen (secondary N) is 1. The van der Waals surface area contributed by atoms with E-state index >= 15 is 0 Å². The van der Waals surface area contributed by atoms with Crippen LogP contribution in [0, 0.1) is 0 Å². The highest BCUT2D eigenvalue weighted by Crippen LogP contribution is 2.32. The molecule has 0 aliphatic carbocycles. The number of carbonyl (C=O) groups excluding carboxylic acids is 2. The molecule has 0 saturated carbocycles. The Morgan fingerprint density at radius 1 is 1.19 bits per heavy atom. The highest BCUT2D eigenvalue weighted by atomic mass is 35.5. The fraction of sp³-hybridized carbons (Fsp3) is 0.300. The maximum atomic E-state index is 13.1. The number of fused-ring (bicyclic) bond motifs is 1. The maximum Gasteiger partial charge on any atom is 0.254 e. The van der Waals surface area contributed by atoms with Crippen LogP contribution < -0.4 is 5.32 Å². The maximum absolute atomic E-state index is 13.1. The Morgan fingerprint density at radius 3 is 2.67 bits per heavy atom. The quantitative estimate of drug-likeness (QED) is 0.709. The topological polar surface area (TPSA) is 49.4 Å². The van der Waals surface area contributed by atoms with Crippen molar-refractivity contribution in [3.63, 3.8) is 0 Å². The number of hydrogen-bond acceptors (Lipinski definition) is 3. The lowest BCUT2D eigenvalue weighted by Gasteiger charge is -2.27. The Morgan fingerprint density at radius 2 is 1.96 bits per heavy atom. The molecule has 27 heavy (non-hydrogen) atoms. The Labute approximate surface area is 173 Å². The average molecular weight is 423 g/mol. The van der Waals surface area contributed by atoms with Gasteiger partial charge in [-0.15, -0.1) is 11.8 Å². The van der Waals surface area contributed by atoms with Gasteiger partial charge in [-0.25, -0.2) is 0 Å². The molecule has 0 bridgehead atoms. The van der Waals surface area contributed by atoms with Crippen LogP contribution in [0.4, 0.5) is 5.69 Å². The largest absolute Gasteiger partial charge is 0.332 e. The molecule has 0 spiro atoms. The van der Waals surface area contributed by atoms with E-state index < -0.39 is 0 Å². The van der Waals surface area contributed by atoms with E-state index in [0.29, 0.717) is 34.3 Å². The number of benzene rings is 2. The van der Waals surface area contributed by atoms with Crippen LogP contribution in [0.2, 0.25) is 10.0 Å². The van der Waals surface area contributed by atoms with Gasteiger partial charge in [0.25, 0.3) is 5.91 Å². The van der Waals surface area contributed by atoms with E-state index in [2.05, 4.69) is 5.32 Å². The molecule has 2 aromatic carbocycles. The molecule has 1 N–H and O–H groups in total. The molecule has 0 atom stereocenters. The lowest BCUT2D eigenvalue weighted by atomic mass is 10.1. The summed E-state index contributed by atoms with van der Waals surface area (Å²) in [5, 5.41) is 3.84. The van der Waals surface area contributed by atoms with Gasteiger partial charge in [0, 0.05) is 35.2 Å². The second-order valence-corrected chi connectivity index (χ2v) is 8.58. The van der Waals surface area contributed by atoms with Crippen molar-refractivity contribution in [3.05, 3.63) is 57.6 Å². The van der Waals surface area contributed by atoms with Crippen LogP contribution in [-0.4, -0.2) is 28.5 Å². The van der Waals surface area contributed by atoms with Crippen molar-refractivity contribution in [3.8, 4) is 0 Å². The SMILES string of the molecule is CC(C)N(Cc1ccc(Cl)c(Cl)c1)C(=O)c1ccc2c(c1)NC(=O)CCS2. The number of anilines is 1. The molecule has 1 heterocycles. The van der Waals surface area contributed by atoms with E-state index in [1.165, 1.54) is 0 Å². The van der Waals surface area contributed by atoms with Crippen molar-refractivity contribution in [2.24, 2.45) is 0 Å². The van der Waals surface area contributed by atoms with Crippen molar-refractivity contribution >= 4 is 52.5 Å². The first-order valence-electron chi connectivity index (χ1n) is 8.66. The van der Waals surface area contributed by atoms with Crippen molar-refractivity contribution in [2.75, 3.05) is 11.1 Å². The zero-order chi connectivity index (χ0) is 19.6. The van der Waals surface area contributed by atoms with E-state index in [9.17, 15) is 9.59 Å². The monoisotopic (exact) mass is 422 g/mol. The minimum absolute atomic E-state index is 0.00488. The third-order valence-corrected chi connectivity index (χ3v) is 6.12. The van der Waals surface area contributed by atoms with E-state index in [4.69, 9.17) is 23.2 Å². The summed E-state index contributed by atoms with van der Waals surface area (Å²) in [6.07, 6.45) is 0.470. The first-order valence-corrected chi connectivity index (χ1v) is 10.4. The molecule has 0 fully saturated rings. The summed E-state index contributed by atoms with van der Waals surface area (Å²) < 4.78 is 0. The first kappa shape index (κ1) is 20.1. The van der Waals surface area contributed by atoms with Gasteiger partial charge in [0.1, 0.15) is 0 Å². The fourth-order valence-corrected chi connectivity index (χ4v) is 4.10. The Kier molecular flexibility index (Phi) is 6.35. The van der Waals surface area contributed by atoms with Gasteiger partial charge >= 0.3 is 0 Å². The van der Waals surface area contributed by atoms with E-state index in [0.717, 1.165) is 16.2 Å². The molecule has 0 aromatic heterocycles. The minimum atomic E-state index is -0.0950. The summed E-state index contributed by atoms with van der Waals surface area (Å²) in [5.74, 6) is 0.617. The van der Waals surface area contributed by atoms with Crippen molar-refractivity contribution in [1.82, 2.24) is 4.90 Å². The lowest BCUT2D eigenvalue weighted by molar-refractivity contribution is -0.115. The summed E-state index contributed by atoms with van der Waals surface area (Å²) in [5.41, 5.74) is 2.15. The van der Waals surface area contributed by atoms with Gasteiger partial charge in [-0.2, -0.15) is 0 Å². The second-order valence-electron chi connectivity index (χ2n) is 6.63. The number of thioether (sulfide) groups is 1. The van der Waals surface area contributed by atoms with Crippen LogP contribution in [0.25, 0.3) is 0 Å². The van der Waals surface area contributed by atoms with Gasteiger partial charge in [-0.05, 0) is 49.7 Å². The van der Waals surface area contributed by atoms with Gasteiger partial charge in [0.15, 0.2) is 0 Å². The summed E-state index contributed by atoms with van der Waals surface area (Å²) >= 11 is 13.7. The first-order chi connectivity index (χ1) is 12.8. The molecule has 4 nitrogen and oxygen atoms in total. The molecule has 7 heteroatoms.